The average molecular weight is 259 g/mol. The number of benzene rings is 1. The van der Waals surface area contributed by atoms with Crippen LogP contribution < -0.4 is 0 Å². The lowest BCUT2D eigenvalue weighted by atomic mass is 9.91. The van der Waals surface area contributed by atoms with Crippen LogP contribution in [0.4, 0.5) is 4.39 Å². The second-order valence-corrected chi connectivity index (χ2v) is 4.63. The molecule has 2 rings (SSSR count). The lowest BCUT2D eigenvalue weighted by Gasteiger charge is -2.31. The van der Waals surface area contributed by atoms with Gasteiger partial charge in [-0.05, 0) is 43.3 Å². The van der Waals surface area contributed by atoms with Crippen molar-refractivity contribution in [1.29, 1.82) is 0 Å². The largest absolute Gasteiger partial charge is 0.294 e. The first-order valence-electron chi connectivity index (χ1n) is 6.41. The second kappa shape index (κ2) is 6.27. The minimum absolute atomic E-state index is 0.183. The molecule has 1 heterocycles. The van der Waals surface area contributed by atoms with E-state index in [-0.39, 0.29) is 5.82 Å². The Morgan fingerprint density at radius 3 is 3.00 bits per heavy atom. The van der Waals surface area contributed by atoms with Crippen molar-refractivity contribution in [3.63, 3.8) is 0 Å². The molecule has 0 spiro atoms. The van der Waals surface area contributed by atoms with Crippen molar-refractivity contribution in [1.82, 2.24) is 5.01 Å². The van der Waals surface area contributed by atoms with Crippen LogP contribution in [0.25, 0.3) is 0 Å². The molecule has 3 nitrogen and oxygen atoms in total. The minimum atomic E-state index is -0.183. The highest BCUT2D eigenvalue weighted by Crippen LogP contribution is 2.27. The van der Waals surface area contributed by atoms with Gasteiger partial charge in [0.2, 0.25) is 0 Å². The summed E-state index contributed by atoms with van der Waals surface area (Å²) in [4.78, 5) is 3.79. The first-order valence-corrected chi connectivity index (χ1v) is 6.41. The fraction of sp³-hybridized carbons (Fsp3) is 0.333. The van der Waals surface area contributed by atoms with Crippen LogP contribution in [0.2, 0.25) is 0 Å². The Labute approximate surface area is 113 Å². The summed E-state index contributed by atoms with van der Waals surface area (Å²) in [5.74, 6) is 0.654. The Morgan fingerprint density at radius 2 is 2.32 bits per heavy atom. The van der Waals surface area contributed by atoms with E-state index in [9.17, 15) is 4.39 Å². The molecule has 1 saturated heterocycles. The fourth-order valence-electron chi connectivity index (χ4n) is 2.36. The summed E-state index contributed by atoms with van der Waals surface area (Å²) in [6.45, 7) is 8.76. The summed E-state index contributed by atoms with van der Waals surface area (Å²) < 4.78 is 13.3. The van der Waals surface area contributed by atoms with Gasteiger partial charge in [-0.15, -0.1) is 0 Å². The summed E-state index contributed by atoms with van der Waals surface area (Å²) in [5.41, 5.74) is 1.03. The molecule has 1 aromatic rings. The predicted octanol–water partition coefficient (Wildman–Crippen LogP) is 3.21. The third kappa shape index (κ3) is 3.50. The number of hydrazone groups is 1. The van der Waals surface area contributed by atoms with Gasteiger partial charge in [0.05, 0.1) is 0 Å². The molecule has 0 bridgehead atoms. The molecule has 1 aliphatic rings. The van der Waals surface area contributed by atoms with Gasteiger partial charge in [-0.1, -0.05) is 18.7 Å². The van der Waals surface area contributed by atoms with Gasteiger partial charge in [0.15, 0.2) is 5.84 Å². The maximum atomic E-state index is 13.3. The van der Waals surface area contributed by atoms with E-state index in [0.29, 0.717) is 11.8 Å². The van der Waals surface area contributed by atoms with E-state index in [1.54, 1.807) is 18.2 Å². The standard InChI is InChI=1S/C15H18FN3/c1-3-15(17-2)18-19-9-5-7-13(11-19)12-6-4-8-14(16)10-12/h3-4,6,8,10,13H,1-2,5,7,9,11H2/b18-15-. The van der Waals surface area contributed by atoms with Crippen molar-refractivity contribution in [2.24, 2.45) is 10.1 Å². The number of hydrogen-bond donors (Lipinski definition) is 0. The maximum Gasteiger partial charge on any atom is 0.170 e. The molecule has 19 heavy (non-hydrogen) atoms. The van der Waals surface area contributed by atoms with E-state index in [1.807, 2.05) is 11.1 Å². The Balaban J connectivity index is 2.11. The monoisotopic (exact) mass is 259 g/mol. The molecule has 1 aromatic carbocycles. The average Bonchev–Trinajstić information content (AvgIpc) is 2.45. The molecule has 0 amide bonds. The van der Waals surface area contributed by atoms with Gasteiger partial charge in [-0.3, -0.25) is 5.01 Å². The van der Waals surface area contributed by atoms with Crippen LogP contribution in [0.5, 0.6) is 0 Å². The van der Waals surface area contributed by atoms with E-state index in [1.165, 1.54) is 6.07 Å². The number of amidine groups is 1. The Kier molecular flexibility index (Phi) is 4.44. The van der Waals surface area contributed by atoms with Gasteiger partial charge in [0.1, 0.15) is 5.82 Å². The third-order valence-electron chi connectivity index (χ3n) is 3.31. The first-order chi connectivity index (χ1) is 9.22. The van der Waals surface area contributed by atoms with Crippen molar-refractivity contribution >= 4 is 12.6 Å². The number of nitrogens with zero attached hydrogens (tertiary/aromatic N) is 3. The molecule has 0 aromatic heterocycles. The predicted molar refractivity (Wildman–Crippen MR) is 77.1 cm³/mol. The maximum absolute atomic E-state index is 13.3. The number of hydrogen-bond acceptors (Lipinski definition) is 2. The van der Waals surface area contributed by atoms with Crippen LogP contribution in [0.3, 0.4) is 0 Å². The Hall–Kier alpha value is -1.97. The summed E-state index contributed by atoms with van der Waals surface area (Å²) in [5, 5.41) is 6.34. The van der Waals surface area contributed by atoms with Crippen molar-refractivity contribution in [2.75, 3.05) is 13.1 Å². The molecule has 100 valence electrons. The molecule has 4 heteroatoms. The van der Waals surface area contributed by atoms with Crippen molar-refractivity contribution in [3.8, 4) is 0 Å². The van der Waals surface area contributed by atoms with Gasteiger partial charge < -0.3 is 0 Å². The van der Waals surface area contributed by atoms with Crippen molar-refractivity contribution in [3.05, 3.63) is 48.3 Å². The number of rotatable bonds is 3. The number of piperidine rings is 1. The highest BCUT2D eigenvalue weighted by molar-refractivity contribution is 5.95. The van der Waals surface area contributed by atoms with Crippen LogP contribution >= 0.6 is 0 Å². The summed E-state index contributed by atoms with van der Waals surface area (Å²) in [6.07, 6.45) is 3.67. The number of aliphatic imine (C=N–C) groups is 1. The molecule has 0 aliphatic carbocycles. The highest BCUT2D eigenvalue weighted by atomic mass is 19.1. The molecule has 1 aliphatic heterocycles. The molecule has 0 saturated carbocycles. The normalized spacial score (nSPS) is 20.2. The lowest BCUT2D eigenvalue weighted by molar-refractivity contribution is 0.216. The van der Waals surface area contributed by atoms with E-state index >= 15 is 0 Å². The zero-order chi connectivity index (χ0) is 13.7. The van der Waals surface area contributed by atoms with Crippen molar-refractivity contribution in [2.45, 2.75) is 18.8 Å². The topological polar surface area (TPSA) is 28.0 Å². The third-order valence-corrected chi connectivity index (χ3v) is 3.31. The molecule has 0 N–H and O–H groups in total. The molecule has 1 fully saturated rings. The van der Waals surface area contributed by atoms with Crippen molar-refractivity contribution < 1.29 is 4.39 Å². The fourth-order valence-corrected chi connectivity index (χ4v) is 2.36. The van der Waals surface area contributed by atoms with Gasteiger partial charge >= 0.3 is 0 Å². The van der Waals surface area contributed by atoms with Crippen LogP contribution in [-0.4, -0.2) is 30.7 Å². The molecule has 1 unspecified atom stereocenters. The van der Waals surface area contributed by atoms with Gasteiger partial charge in [0, 0.05) is 19.0 Å². The zero-order valence-corrected chi connectivity index (χ0v) is 10.9. The van der Waals surface area contributed by atoms with Crippen LogP contribution in [0.1, 0.15) is 24.3 Å². The quantitative estimate of drug-likeness (QED) is 0.605. The Bertz CT molecular complexity index is 486. The van der Waals surface area contributed by atoms with Gasteiger partial charge in [-0.2, -0.15) is 5.10 Å². The summed E-state index contributed by atoms with van der Waals surface area (Å²) >= 11 is 0. The van der Waals surface area contributed by atoms with Crippen LogP contribution in [0, 0.1) is 5.82 Å². The second-order valence-electron chi connectivity index (χ2n) is 4.63. The molecular weight excluding hydrogens is 241 g/mol. The van der Waals surface area contributed by atoms with Crippen LogP contribution in [0.15, 0.2) is 47.0 Å². The highest BCUT2D eigenvalue weighted by Gasteiger charge is 2.20. The van der Waals surface area contributed by atoms with E-state index in [4.69, 9.17) is 0 Å². The SMILES string of the molecule is C=C/C(N=C)=N/N1CCCC(c2cccc(F)c2)C1. The lowest BCUT2D eigenvalue weighted by Crippen LogP contribution is -2.31. The van der Waals surface area contributed by atoms with E-state index in [2.05, 4.69) is 23.4 Å². The minimum Gasteiger partial charge on any atom is -0.294 e. The number of halogens is 1. The van der Waals surface area contributed by atoms with E-state index < -0.39 is 0 Å². The summed E-state index contributed by atoms with van der Waals surface area (Å²) in [6, 6.07) is 6.81. The smallest absolute Gasteiger partial charge is 0.170 e. The van der Waals surface area contributed by atoms with Crippen LogP contribution in [-0.2, 0) is 0 Å². The Morgan fingerprint density at radius 1 is 1.47 bits per heavy atom. The first kappa shape index (κ1) is 13.5. The zero-order valence-electron chi connectivity index (χ0n) is 10.9. The summed E-state index contributed by atoms with van der Waals surface area (Å²) in [7, 11) is 0. The molecule has 0 radical (unpaired) electrons. The van der Waals surface area contributed by atoms with E-state index in [0.717, 1.165) is 31.5 Å². The molecule has 1 atom stereocenters. The van der Waals surface area contributed by atoms with Gasteiger partial charge in [-0.25, -0.2) is 9.38 Å². The van der Waals surface area contributed by atoms with Gasteiger partial charge in [0.25, 0.3) is 0 Å². The molecular formula is C15H18FN3.